The molecule has 2 amide bonds. The first-order chi connectivity index (χ1) is 15.8. The van der Waals surface area contributed by atoms with Crippen molar-refractivity contribution in [1.29, 1.82) is 0 Å². The number of rotatable bonds is 6. The van der Waals surface area contributed by atoms with E-state index < -0.39 is 0 Å². The van der Waals surface area contributed by atoms with Crippen LogP contribution in [0, 0.1) is 12.8 Å². The van der Waals surface area contributed by atoms with Crippen molar-refractivity contribution >= 4 is 23.3 Å². The van der Waals surface area contributed by atoms with E-state index >= 15 is 0 Å². The lowest BCUT2D eigenvalue weighted by atomic mass is 9.94. The molecule has 1 fully saturated rings. The fourth-order valence-corrected chi connectivity index (χ4v) is 4.84. The Morgan fingerprint density at radius 2 is 1.82 bits per heavy atom. The second-order valence-electron chi connectivity index (χ2n) is 9.80. The van der Waals surface area contributed by atoms with Crippen molar-refractivity contribution in [3.8, 4) is 0 Å². The molecule has 2 aliphatic rings. The molecule has 7 heteroatoms. The first-order valence-electron chi connectivity index (χ1n) is 12.1. The maximum absolute atomic E-state index is 12.6. The summed E-state index contributed by atoms with van der Waals surface area (Å²) in [6.45, 7) is 11.4. The molecule has 1 aromatic carbocycles. The number of anilines is 2. The highest BCUT2D eigenvalue weighted by Crippen LogP contribution is 2.33. The number of nitrogens with zero attached hydrogens (tertiary/aromatic N) is 4. The Hall–Kier alpha value is -2.80. The van der Waals surface area contributed by atoms with Gasteiger partial charge in [0, 0.05) is 49.3 Å². The van der Waals surface area contributed by atoms with Crippen LogP contribution in [0.15, 0.2) is 24.3 Å². The second kappa shape index (κ2) is 10.00. The molecular formula is C26H35N5O2. The molecule has 1 aromatic heterocycles. The lowest BCUT2D eigenvalue weighted by Gasteiger charge is -2.34. The Kier molecular flexibility index (Phi) is 7.08. The molecule has 0 radical (unpaired) electrons. The van der Waals surface area contributed by atoms with Gasteiger partial charge in [-0.2, -0.15) is 0 Å². The van der Waals surface area contributed by atoms with Crippen LogP contribution in [0.4, 0.5) is 11.5 Å². The van der Waals surface area contributed by atoms with Crippen LogP contribution in [0.25, 0.3) is 0 Å². The maximum atomic E-state index is 12.6. The number of amides is 2. The van der Waals surface area contributed by atoms with E-state index in [4.69, 9.17) is 9.97 Å². The number of nitrogens with one attached hydrogen (secondary N) is 1. The lowest BCUT2D eigenvalue weighted by molar-refractivity contribution is -0.119. The molecule has 0 bridgehead atoms. The van der Waals surface area contributed by atoms with E-state index in [1.165, 1.54) is 12.5 Å². The van der Waals surface area contributed by atoms with E-state index in [1.807, 2.05) is 17.0 Å². The second-order valence-corrected chi connectivity index (χ2v) is 9.80. The van der Waals surface area contributed by atoms with Crippen molar-refractivity contribution in [2.24, 2.45) is 5.92 Å². The molecular weight excluding hydrogens is 414 g/mol. The van der Waals surface area contributed by atoms with E-state index in [0.29, 0.717) is 24.8 Å². The third kappa shape index (κ3) is 5.58. The number of likely N-dealkylation sites (tertiary alicyclic amines) is 1. The molecule has 7 nitrogen and oxygen atoms in total. The van der Waals surface area contributed by atoms with Gasteiger partial charge in [0.05, 0.1) is 0 Å². The van der Waals surface area contributed by atoms with E-state index in [1.54, 1.807) is 0 Å². The third-order valence-electron chi connectivity index (χ3n) is 6.54. The van der Waals surface area contributed by atoms with Crippen LogP contribution in [0.3, 0.4) is 0 Å². The maximum Gasteiger partial charge on any atom is 0.228 e. The van der Waals surface area contributed by atoms with Crippen LogP contribution < -0.4 is 10.2 Å². The molecule has 0 atom stereocenters. The number of fused-ring (bicyclic) bond motifs is 1. The van der Waals surface area contributed by atoms with Gasteiger partial charge in [-0.25, -0.2) is 9.97 Å². The summed E-state index contributed by atoms with van der Waals surface area (Å²) in [7, 11) is 0. The first-order valence-corrected chi connectivity index (χ1v) is 12.1. The van der Waals surface area contributed by atoms with Gasteiger partial charge < -0.3 is 5.32 Å². The highest BCUT2D eigenvalue weighted by molar-refractivity contribution is 5.95. The molecule has 3 heterocycles. The van der Waals surface area contributed by atoms with Gasteiger partial charge in [-0.15, -0.1) is 0 Å². The zero-order valence-corrected chi connectivity index (χ0v) is 20.2. The zero-order valence-electron chi connectivity index (χ0n) is 20.2. The molecule has 0 aliphatic carbocycles. The summed E-state index contributed by atoms with van der Waals surface area (Å²) < 4.78 is 0. The lowest BCUT2D eigenvalue weighted by Crippen LogP contribution is -2.39. The van der Waals surface area contributed by atoms with Crippen LogP contribution in [-0.4, -0.2) is 46.3 Å². The number of piperidine rings is 1. The first kappa shape index (κ1) is 23.4. The van der Waals surface area contributed by atoms with Crippen LogP contribution >= 0.6 is 0 Å². The largest absolute Gasteiger partial charge is 0.326 e. The number of hydrogen-bond acceptors (Lipinski definition) is 5. The highest BCUT2D eigenvalue weighted by Gasteiger charge is 2.30. The van der Waals surface area contributed by atoms with Gasteiger partial charge in [-0.3, -0.25) is 19.4 Å². The summed E-state index contributed by atoms with van der Waals surface area (Å²) in [6, 6.07) is 8.07. The summed E-state index contributed by atoms with van der Waals surface area (Å²) in [5.41, 5.74) is 4.23. The summed E-state index contributed by atoms with van der Waals surface area (Å²) in [5.74, 6) is 2.60. The molecule has 0 unspecified atom stereocenters. The number of hydrogen-bond donors (Lipinski definition) is 1. The molecule has 33 heavy (non-hydrogen) atoms. The Bertz CT molecular complexity index is 1010. The number of aromatic nitrogens is 2. The van der Waals surface area contributed by atoms with Crippen molar-refractivity contribution in [2.45, 2.75) is 65.8 Å². The number of carbonyl (C=O) groups is 2. The zero-order chi connectivity index (χ0) is 23.5. The van der Waals surface area contributed by atoms with Gasteiger partial charge in [0.15, 0.2) is 0 Å². The minimum atomic E-state index is -0.0545. The van der Waals surface area contributed by atoms with Crippen LogP contribution in [0.1, 0.15) is 68.6 Å². The van der Waals surface area contributed by atoms with Crippen molar-refractivity contribution in [2.75, 3.05) is 29.9 Å². The Balaban J connectivity index is 1.41. The fraction of sp³-hybridized carbons (Fsp3) is 0.538. The summed E-state index contributed by atoms with van der Waals surface area (Å²) in [4.78, 5) is 38.0. The summed E-state index contributed by atoms with van der Waals surface area (Å²) in [6.07, 6.45) is 3.32. The molecule has 4 rings (SSSR count). The van der Waals surface area contributed by atoms with Crippen molar-refractivity contribution < 1.29 is 9.59 Å². The molecule has 1 N–H and O–H groups in total. The van der Waals surface area contributed by atoms with Gasteiger partial charge >= 0.3 is 0 Å². The predicted octanol–water partition coefficient (Wildman–Crippen LogP) is 4.06. The van der Waals surface area contributed by atoms with Gasteiger partial charge in [-0.1, -0.05) is 26.0 Å². The molecule has 2 aromatic rings. The number of carbonyl (C=O) groups excluding carboxylic acids is 2. The molecule has 0 spiro atoms. The fourth-order valence-electron chi connectivity index (χ4n) is 4.84. The molecule has 176 valence electrons. The van der Waals surface area contributed by atoms with Crippen LogP contribution in [-0.2, 0) is 22.6 Å². The monoisotopic (exact) mass is 449 g/mol. The summed E-state index contributed by atoms with van der Waals surface area (Å²) >= 11 is 0. The topological polar surface area (TPSA) is 78.4 Å². The van der Waals surface area contributed by atoms with Gasteiger partial charge in [0.25, 0.3) is 0 Å². The SMILES string of the molecule is CC(=O)Nc1ccc(CN2CCC(c3nc(C)c4c(n3)N(CC(C)C)C(=O)CC4)CC2)cc1. The smallest absolute Gasteiger partial charge is 0.228 e. The Morgan fingerprint density at radius 3 is 2.45 bits per heavy atom. The molecule has 0 saturated carbocycles. The summed E-state index contributed by atoms with van der Waals surface area (Å²) in [5, 5.41) is 2.81. The highest BCUT2D eigenvalue weighted by atomic mass is 16.2. The average Bonchev–Trinajstić information content (AvgIpc) is 2.77. The van der Waals surface area contributed by atoms with Crippen LogP contribution in [0.2, 0.25) is 0 Å². The minimum absolute atomic E-state index is 0.0545. The van der Waals surface area contributed by atoms with Crippen molar-refractivity contribution in [1.82, 2.24) is 14.9 Å². The van der Waals surface area contributed by atoms with E-state index in [-0.39, 0.29) is 11.8 Å². The van der Waals surface area contributed by atoms with E-state index in [0.717, 1.165) is 67.5 Å². The molecule has 2 aliphatic heterocycles. The Morgan fingerprint density at radius 1 is 1.12 bits per heavy atom. The van der Waals surface area contributed by atoms with Crippen LogP contribution in [0.5, 0.6) is 0 Å². The van der Waals surface area contributed by atoms with Crippen molar-refractivity contribution in [3.63, 3.8) is 0 Å². The van der Waals surface area contributed by atoms with Crippen molar-refractivity contribution in [3.05, 3.63) is 46.9 Å². The standard InChI is InChI=1S/C26H35N5O2/c1-17(2)15-31-24(33)10-9-23-18(3)27-25(29-26(23)31)21-11-13-30(14-12-21)16-20-5-7-22(8-6-20)28-19(4)32/h5-8,17,21H,9-16H2,1-4H3,(H,28,32). The quantitative estimate of drug-likeness (QED) is 0.720. The van der Waals surface area contributed by atoms with Gasteiger partial charge in [-0.05, 0) is 62.9 Å². The predicted molar refractivity (Wildman–Crippen MR) is 130 cm³/mol. The van der Waals surface area contributed by atoms with Gasteiger partial charge in [0.1, 0.15) is 11.6 Å². The number of benzene rings is 1. The minimum Gasteiger partial charge on any atom is -0.326 e. The van der Waals surface area contributed by atoms with Gasteiger partial charge in [0.2, 0.25) is 11.8 Å². The Labute approximate surface area is 196 Å². The normalized spacial score (nSPS) is 17.4. The average molecular weight is 450 g/mol. The third-order valence-corrected chi connectivity index (χ3v) is 6.54. The van der Waals surface area contributed by atoms with E-state index in [2.05, 4.69) is 43.1 Å². The number of aryl methyl sites for hydroxylation is 1. The van der Waals surface area contributed by atoms with E-state index in [9.17, 15) is 9.59 Å². The molecule has 1 saturated heterocycles.